The first-order valence-electron chi connectivity index (χ1n) is 8.07. The number of para-hydroxylation sites is 1. The Morgan fingerprint density at radius 3 is 2.67 bits per heavy atom. The molecule has 0 unspecified atom stereocenters. The molecule has 0 saturated heterocycles. The van der Waals surface area contributed by atoms with Crippen molar-refractivity contribution in [3.05, 3.63) is 71.1 Å². The minimum absolute atomic E-state index is 0.135. The molecule has 1 amide bonds. The Bertz CT molecular complexity index is 1050. The van der Waals surface area contributed by atoms with Crippen molar-refractivity contribution in [2.24, 2.45) is 5.10 Å². The lowest BCUT2D eigenvalue weighted by Crippen LogP contribution is -2.18. The molecule has 0 fully saturated rings. The van der Waals surface area contributed by atoms with E-state index in [-0.39, 0.29) is 11.5 Å². The summed E-state index contributed by atoms with van der Waals surface area (Å²) in [5.41, 5.74) is 6.23. The molecule has 0 aliphatic carbocycles. The number of carboxylic acids is 1. The van der Waals surface area contributed by atoms with Gasteiger partial charge in [0.2, 0.25) is 0 Å². The number of rotatable bonds is 3. The predicted octanol–water partition coefficient (Wildman–Crippen LogP) is 3.10. The Morgan fingerprint density at radius 1 is 1.19 bits per heavy atom. The Labute approximate surface area is 158 Å². The molecule has 1 aromatic heterocycles. The number of benzene rings is 1. The lowest BCUT2D eigenvalue weighted by molar-refractivity contribution is -0.116. The summed E-state index contributed by atoms with van der Waals surface area (Å²) >= 11 is 1.40. The summed E-state index contributed by atoms with van der Waals surface area (Å²) in [5, 5.41) is 16.9. The molecule has 2 aliphatic heterocycles. The van der Waals surface area contributed by atoms with Crippen LogP contribution in [-0.4, -0.2) is 27.7 Å². The molecule has 7 nitrogen and oxygen atoms in total. The zero-order chi connectivity index (χ0) is 19.0. The number of carbonyl (C=O) groups excluding carboxylic acids is 1. The summed E-state index contributed by atoms with van der Waals surface area (Å²) in [4.78, 5) is 28.2. The van der Waals surface area contributed by atoms with Crippen LogP contribution in [0.15, 0.2) is 70.1 Å². The zero-order valence-corrected chi connectivity index (χ0v) is 15.0. The van der Waals surface area contributed by atoms with Gasteiger partial charge in [-0.3, -0.25) is 4.79 Å². The van der Waals surface area contributed by atoms with Gasteiger partial charge in [-0.1, -0.05) is 30.0 Å². The largest absolute Gasteiger partial charge is 0.478 e. The number of carboxylic acid groups (broad SMARTS) is 1. The van der Waals surface area contributed by atoms with Crippen molar-refractivity contribution >= 4 is 39.9 Å². The number of amides is 1. The van der Waals surface area contributed by atoms with E-state index >= 15 is 0 Å². The predicted molar refractivity (Wildman–Crippen MR) is 103 cm³/mol. The number of carbonyl (C=O) groups is 2. The second-order valence-electron chi connectivity index (χ2n) is 5.90. The van der Waals surface area contributed by atoms with Crippen LogP contribution in [0, 0.1) is 0 Å². The molecule has 3 N–H and O–H groups in total. The Morgan fingerprint density at radius 2 is 2.00 bits per heavy atom. The summed E-state index contributed by atoms with van der Waals surface area (Å²) in [7, 11) is 0. The van der Waals surface area contributed by atoms with E-state index in [2.05, 4.69) is 20.8 Å². The molecular weight excluding hydrogens is 364 g/mol. The lowest BCUT2D eigenvalue weighted by Gasteiger charge is -2.22. The first-order chi connectivity index (χ1) is 13.0. The summed E-state index contributed by atoms with van der Waals surface area (Å²) in [6.07, 6.45) is 3.22. The fourth-order valence-corrected chi connectivity index (χ4v) is 3.76. The molecule has 134 valence electrons. The number of anilines is 1. The molecule has 0 bridgehead atoms. The van der Waals surface area contributed by atoms with Crippen LogP contribution in [0.4, 0.5) is 5.69 Å². The first-order valence-corrected chi connectivity index (χ1v) is 8.89. The highest BCUT2D eigenvalue weighted by Crippen LogP contribution is 2.41. The SMILES string of the molecule is CC1=NNC(=O)/C1=C1/C=C(Sc2ccc(C(=O)O)cn2)c2ccccc2N1. The highest BCUT2D eigenvalue weighted by molar-refractivity contribution is 8.08. The van der Waals surface area contributed by atoms with E-state index < -0.39 is 5.97 Å². The van der Waals surface area contributed by atoms with Crippen LogP contribution in [0.3, 0.4) is 0 Å². The quantitative estimate of drug-likeness (QED) is 0.709. The highest BCUT2D eigenvalue weighted by Gasteiger charge is 2.26. The molecule has 27 heavy (non-hydrogen) atoms. The van der Waals surface area contributed by atoms with Crippen LogP contribution in [0.5, 0.6) is 0 Å². The van der Waals surface area contributed by atoms with Crippen LogP contribution in [-0.2, 0) is 4.79 Å². The van der Waals surface area contributed by atoms with Crippen molar-refractivity contribution < 1.29 is 14.7 Å². The summed E-state index contributed by atoms with van der Waals surface area (Å²) in [6.45, 7) is 1.77. The van der Waals surface area contributed by atoms with Crippen molar-refractivity contribution in [2.75, 3.05) is 5.32 Å². The van der Waals surface area contributed by atoms with Crippen molar-refractivity contribution in [1.82, 2.24) is 10.4 Å². The number of nitrogens with zero attached hydrogens (tertiary/aromatic N) is 2. The number of hydrazone groups is 1. The molecule has 1 aromatic carbocycles. The van der Waals surface area contributed by atoms with E-state index in [9.17, 15) is 9.59 Å². The van der Waals surface area contributed by atoms with Gasteiger partial charge in [-0.2, -0.15) is 5.10 Å². The van der Waals surface area contributed by atoms with Gasteiger partial charge in [0, 0.05) is 22.4 Å². The number of pyridine rings is 1. The number of hydrogen-bond acceptors (Lipinski definition) is 6. The minimum atomic E-state index is -1.01. The third kappa shape index (κ3) is 3.22. The molecule has 8 heteroatoms. The van der Waals surface area contributed by atoms with E-state index in [1.165, 1.54) is 24.0 Å². The number of aromatic nitrogens is 1. The Balaban J connectivity index is 1.76. The smallest absolute Gasteiger partial charge is 0.337 e. The van der Waals surface area contributed by atoms with E-state index in [0.29, 0.717) is 22.0 Å². The van der Waals surface area contributed by atoms with E-state index in [0.717, 1.165) is 16.2 Å². The van der Waals surface area contributed by atoms with Crippen LogP contribution in [0.1, 0.15) is 22.8 Å². The van der Waals surface area contributed by atoms with Gasteiger partial charge in [0.05, 0.1) is 22.5 Å². The Hall–Kier alpha value is -3.39. The van der Waals surface area contributed by atoms with E-state index in [1.807, 2.05) is 30.3 Å². The van der Waals surface area contributed by atoms with Crippen molar-refractivity contribution in [1.29, 1.82) is 0 Å². The van der Waals surface area contributed by atoms with E-state index in [4.69, 9.17) is 5.11 Å². The van der Waals surface area contributed by atoms with Gasteiger partial charge in [0.15, 0.2) is 0 Å². The number of fused-ring (bicyclic) bond motifs is 1. The third-order valence-electron chi connectivity index (χ3n) is 4.12. The van der Waals surface area contributed by atoms with E-state index in [1.54, 1.807) is 13.0 Å². The molecule has 0 saturated carbocycles. The zero-order valence-electron chi connectivity index (χ0n) is 14.2. The summed E-state index contributed by atoms with van der Waals surface area (Å²) in [5.74, 6) is -1.27. The van der Waals surface area contributed by atoms with Crippen molar-refractivity contribution in [2.45, 2.75) is 11.9 Å². The standard InChI is InChI=1S/C19H14N4O3S/c1-10-17(18(24)23-22-10)14-8-15(12-4-2-3-5-13(12)21-14)27-16-7-6-11(9-20-16)19(25)26/h2-9,21H,1H3,(H,23,24)(H,25,26)/b17-14-. The molecule has 4 rings (SSSR count). The fraction of sp³-hybridized carbons (Fsp3) is 0.0526. The average Bonchev–Trinajstić information content (AvgIpc) is 3.00. The van der Waals surface area contributed by atoms with Gasteiger partial charge in [-0.15, -0.1) is 0 Å². The average molecular weight is 378 g/mol. The summed E-state index contributed by atoms with van der Waals surface area (Å²) < 4.78 is 0. The third-order valence-corrected chi connectivity index (χ3v) is 5.13. The van der Waals surface area contributed by atoms with Crippen LogP contribution >= 0.6 is 11.8 Å². The van der Waals surface area contributed by atoms with Gasteiger partial charge in [-0.25, -0.2) is 15.2 Å². The first kappa shape index (κ1) is 17.0. The van der Waals surface area contributed by atoms with Crippen LogP contribution < -0.4 is 10.7 Å². The molecular formula is C19H14N4O3S. The molecule has 2 aliphatic rings. The number of nitrogens with one attached hydrogen (secondary N) is 2. The monoisotopic (exact) mass is 378 g/mol. The second-order valence-corrected chi connectivity index (χ2v) is 6.96. The van der Waals surface area contributed by atoms with Crippen molar-refractivity contribution in [3.8, 4) is 0 Å². The van der Waals surface area contributed by atoms with Crippen LogP contribution in [0.2, 0.25) is 0 Å². The topological polar surface area (TPSA) is 104 Å². The maximum atomic E-state index is 12.1. The number of allylic oxidation sites excluding steroid dienone is 1. The number of thioether (sulfide) groups is 1. The number of aromatic carboxylic acids is 1. The van der Waals surface area contributed by atoms with Crippen LogP contribution in [0.25, 0.3) is 4.91 Å². The second kappa shape index (κ2) is 6.73. The van der Waals surface area contributed by atoms with Gasteiger partial charge < -0.3 is 10.4 Å². The fourth-order valence-electron chi connectivity index (χ4n) is 2.82. The molecule has 2 aromatic rings. The molecule has 0 spiro atoms. The van der Waals surface area contributed by atoms with Gasteiger partial charge >= 0.3 is 5.97 Å². The minimum Gasteiger partial charge on any atom is -0.478 e. The van der Waals surface area contributed by atoms with Crippen molar-refractivity contribution in [3.63, 3.8) is 0 Å². The maximum Gasteiger partial charge on any atom is 0.337 e. The molecule has 0 radical (unpaired) electrons. The summed E-state index contributed by atoms with van der Waals surface area (Å²) in [6, 6.07) is 10.9. The molecule has 3 heterocycles. The maximum absolute atomic E-state index is 12.1. The lowest BCUT2D eigenvalue weighted by atomic mass is 10.0. The molecule has 0 atom stereocenters. The van der Waals surface area contributed by atoms with Gasteiger partial charge in [-0.05, 0) is 31.2 Å². The Kier molecular flexibility index (Phi) is 4.25. The van der Waals surface area contributed by atoms with Gasteiger partial charge in [0.1, 0.15) is 5.03 Å². The highest BCUT2D eigenvalue weighted by atomic mass is 32.2. The number of hydrogen-bond donors (Lipinski definition) is 3. The normalized spacial score (nSPS) is 18.2. The van der Waals surface area contributed by atoms with Gasteiger partial charge in [0.25, 0.3) is 5.91 Å².